The van der Waals surface area contributed by atoms with E-state index in [9.17, 15) is 4.39 Å². The van der Waals surface area contributed by atoms with E-state index >= 15 is 0 Å². The van der Waals surface area contributed by atoms with Crippen molar-refractivity contribution in [2.24, 2.45) is 0 Å². The fourth-order valence-corrected chi connectivity index (χ4v) is 1.41. The monoisotopic (exact) mass is 227 g/mol. The molecule has 1 atom stereocenters. The van der Waals surface area contributed by atoms with Crippen molar-refractivity contribution in [1.29, 1.82) is 0 Å². The van der Waals surface area contributed by atoms with Crippen LogP contribution in [0.3, 0.4) is 0 Å². The van der Waals surface area contributed by atoms with Crippen molar-refractivity contribution in [2.75, 3.05) is 27.4 Å². The maximum absolute atomic E-state index is 13.2. The van der Waals surface area contributed by atoms with Gasteiger partial charge in [-0.25, -0.2) is 4.39 Å². The van der Waals surface area contributed by atoms with Crippen molar-refractivity contribution in [1.82, 2.24) is 5.32 Å². The second-order valence-corrected chi connectivity index (χ2v) is 3.54. The minimum absolute atomic E-state index is 0.00299. The van der Waals surface area contributed by atoms with E-state index in [1.54, 1.807) is 26.4 Å². The molecule has 0 spiro atoms. The van der Waals surface area contributed by atoms with Crippen LogP contribution in [-0.2, 0) is 16.0 Å². The summed E-state index contributed by atoms with van der Waals surface area (Å²) in [5.41, 5.74) is 0.662. The molecule has 0 amide bonds. The number of hydrogen-bond acceptors (Lipinski definition) is 3. The molecule has 0 saturated carbocycles. The van der Waals surface area contributed by atoms with Crippen molar-refractivity contribution < 1.29 is 13.9 Å². The molecule has 16 heavy (non-hydrogen) atoms. The summed E-state index contributed by atoms with van der Waals surface area (Å²) in [6.45, 7) is 1.66. The molecular formula is C12H18FNO2. The Morgan fingerprint density at radius 3 is 2.69 bits per heavy atom. The maximum Gasteiger partial charge on any atom is 0.127 e. The first-order valence-electron chi connectivity index (χ1n) is 5.23. The van der Waals surface area contributed by atoms with E-state index in [1.165, 1.54) is 6.07 Å². The van der Waals surface area contributed by atoms with Crippen LogP contribution in [0.1, 0.15) is 5.56 Å². The van der Waals surface area contributed by atoms with Gasteiger partial charge in [0.25, 0.3) is 0 Å². The molecule has 0 heterocycles. The van der Waals surface area contributed by atoms with Crippen molar-refractivity contribution in [3.63, 3.8) is 0 Å². The second kappa shape index (κ2) is 7.33. The van der Waals surface area contributed by atoms with Crippen molar-refractivity contribution >= 4 is 0 Å². The Kier molecular flexibility index (Phi) is 6.00. The molecule has 90 valence electrons. The zero-order valence-electron chi connectivity index (χ0n) is 9.70. The van der Waals surface area contributed by atoms with Crippen LogP contribution in [0.4, 0.5) is 4.39 Å². The summed E-state index contributed by atoms with van der Waals surface area (Å²) in [6, 6.07) is 6.73. The Morgan fingerprint density at radius 1 is 1.31 bits per heavy atom. The molecule has 1 aromatic rings. The number of halogens is 1. The molecule has 4 heteroatoms. The molecule has 1 N–H and O–H groups in total. The van der Waals surface area contributed by atoms with Crippen LogP contribution in [0.5, 0.6) is 0 Å². The molecule has 0 aliphatic carbocycles. The minimum Gasteiger partial charge on any atom is -0.382 e. The van der Waals surface area contributed by atoms with Gasteiger partial charge >= 0.3 is 0 Å². The Bertz CT molecular complexity index is 307. The number of ether oxygens (including phenoxy) is 2. The van der Waals surface area contributed by atoms with Gasteiger partial charge < -0.3 is 14.8 Å². The summed E-state index contributed by atoms with van der Waals surface area (Å²) in [4.78, 5) is 0. The smallest absolute Gasteiger partial charge is 0.127 e. The van der Waals surface area contributed by atoms with Crippen LogP contribution in [0.25, 0.3) is 0 Å². The number of hydrogen-bond donors (Lipinski definition) is 1. The molecule has 1 rings (SSSR count). The third-order valence-electron chi connectivity index (χ3n) is 2.33. The van der Waals surface area contributed by atoms with E-state index in [2.05, 4.69) is 5.32 Å². The quantitative estimate of drug-likeness (QED) is 0.767. The van der Waals surface area contributed by atoms with Gasteiger partial charge in [0.1, 0.15) is 5.82 Å². The van der Waals surface area contributed by atoms with Gasteiger partial charge in [-0.05, 0) is 6.07 Å². The molecule has 0 radical (unpaired) electrons. The van der Waals surface area contributed by atoms with Gasteiger partial charge in [0.2, 0.25) is 0 Å². The summed E-state index contributed by atoms with van der Waals surface area (Å²) in [7, 11) is 3.26. The van der Waals surface area contributed by atoms with Crippen LogP contribution in [0.15, 0.2) is 24.3 Å². The first kappa shape index (κ1) is 13.1. The van der Waals surface area contributed by atoms with Crippen LogP contribution in [0, 0.1) is 5.82 Å². The molecule has 0 aliphatic rings. The highest BCUT2D eigenvalue weighted by Gasteiger charge is 2.06. The Morgan fingerprint density at radius 2 is 2.06 bits per heavy atom. The molecule has 0 aromatic heterocycles. The summed E-state index contributed by atoms with van der Waals surface area (Å²) in [6.07, 6.45) is -0.00299. The van der Waals surface area contributed by atoms with E-state index < -0.39 is 0 Å². The predicted octanol–water partition coefficient (Wildman–Crippen LogP) is 1.58. The lowest BCUT2D eigenvalue weighted by atomic mass is 10.2. The zero-order chi connectivity index (χ0) is 11.8. The van der Waals surface area contributed by atoms with Gasteiger partial charge in [0.05, 0.1) is 12.7 Å². The summed E-state index contributed by atoms with van der Waals surface area (Å²) in [5, 5.41) is 3.13. The van der Waals surface area contributed by atoms with Crippen LogP contribution in [0.2, 0.25) is 0 Å². The fraction of sp³-hybridized carbons (Fsp3) is 0.500. The van der Waals surface area contributed by atoms with Crippen LogP contribution < -0.4 is 5.32 Å². The second-order valence-electron chi connectivity index (χ2n) is 3.54. The fourth-order valence-electron chi connectivity index (χ4n) is 1.41. The molecule has 0 saturated heterocycles. The Balaban J connectivity index is 2.32. The normalized spacial score (nSPS) is 12.7. The average molecular weight is 227 g/mol. The zero-order valence-corrected chi connectivity index (χ0v) is 9.70. The molecular weight excluding hydrogens is 209 g/mol. The number of methoxy groups -OCH3 is 2. The van der Waals surface area contributed by atoms with Crippen molar-refractivity contribution in [3.8, 4) is 0 Å². The maximum atomic E-state index is 13.2. The lowest BCUT2D eigenvalue weighted by Crippen LogP contribution is -2.31. The lowest BCUT2D eigenvalue weighted by molar-refractivity contribution is 0.0287. The minimum atomic E-state index is -0.185. The standard InChI is InChI=1S/C12H18FNO2/c1-15-9-11(16-2)8-14-7-10-5-3-4-6-12(10)13/h3-6,11,14H,7-9H2,1-2H3. The van der Waals surface area contributed by atoms with Crippen LogP contribution >= 0.6 is 0 Å². The SMILES string of the molecule is COCC(CNCc1ccccc1F)OC. The number of benzene rings is 1. The largest absolute Gasteiger partial charge is 0.382 e. The van der Waals surface area contributed by atoms with Crippen LogP contribution in [-0.4, -0.2) is 33.5 Å². The molecule has 3 nitrogen and oxygen atoms in total. The van der Waals surface area contributed by atoms with E-state index in [4.69, 9.17) is 9.47 Å². The Labute approximate surface area is 95.6 Å². The third kappa shape index (κ3) is 4.26. The topological polar surface area (TPSA) is 30.5 Å². The summed E-state index contributed by atoms with van der Waals surface area (Å²) < 4.78 is 23.4. The Hall–Kier alpha value is -0.970. The van der Waals surface area contributed by atoms with E-state index in [0.717, 1.165) is 0 Å². The van der Waals surface area contributed by atoms with Gasteiger partial charge in [-0.2, -0.15) is 0 Å². The number of nitrogens with one attached hydrogen (secondary N) is 1. The highest BCUT2D eigenvalue weighted by molar-refractivity contribution is 5.16. The number of rotatable bonds is 7. The summed E-state index contributed by atoms with van der Waals surface area (Å²) >= 11 is 0. The first-order chi connectivity index (χ1) is 7.77. The third-order valence-corrected chi connectivity index (χ3v) is 2.33. The summed E-state index contributed by atoms with van der Waals surface area (Å²) in [5.74, 6) is -0.185. The van der Waals surface area contributed by atoms with Gasteiger partial charge in [-0.15, -0.1) is 0 Å². The van der Waals surface area contributed by atoms with Gasteiger partial charge in [-0.1, -0.05) is 18.2 Å². The molecule has 0 fully saturated rings. The lowest BCUT2D eigenvalue weighted by Gasteiger charge is -2.15. The average Bonchev–Trinajstić information content (AvgIpc) is 2.30. The molecule has 1 aromatic carbocycles. The van der Waals surface area contributed by atoms with E-state index in [0.29, 0.717) is 25.3 Å². The van der Waals surface area contributed by atoms with Gasteiger partial charge in [0.15, 0.2) is 0 Å². The highest BCUT2D eigenvalue weighted by atomic mass is 19.1. The predicted molar refractivity (Wildman–Crippen MR) is 60.8 cm³/mol. The molecule has 0 bridgehead atoms. The van der Waals surface area contributed by atoms with E-state index in [-0.39, 0.29) is 11.9 Å². The first-order valence-corrected chi connectivity index (χ1v) is 5.23. The van der Waals surface area contributed by atoms with Crippen molar-refractivity contribution in [3.05, 3.63) is 35.6 Å². The van der Waals surface area contributed by atoms with E-state index in [1.807, 2.05) is 6.07 Å². The molecule has 0 aliphatic heterocycles. The van der Waals surface area contributed by atoms with Gasteiger partial charge in [-0.3, -0.25) is 0 Å². The van der Waals surface area contributed by atoms with Crippen molar-refractivity contribution in [2.45, 2.75) is 12.6 Å². The highest BCUT2D eigenvalue weighted by Crippen LogP contribution is 2.05. The van der Waals surface area contributed by atoms with Gasteiger partial charge in [0, 0.05) is 32.9 Å². The molecule has 1 unspecified atom stereocenters.